The molecule has 0 spiro atoms. The van der Waals surface area contributed by atoms with Crippen molar-refractivity contribution in [2.75, 3.05) is 14.2 Å². The molecule has 2 heterocycles. The molecule has 3 aromatic rings. The first kappa shape index (κ1) is 9.89. The van der Waals surface area contributed by atoms with Crippen molar-refractivity contribution in [3.8, 4) is 11.6 Å². The number of nitrogens with one attached hydrogen (secondary N) is 1. The topological polar surface area (TPSA) is 60.0 Å². The Bertz CT molecular complexity index is 691. The van der Waals surface area contributed by atoms with Crippen molar-refractivity contribution in [3.63, 3.8) is 0 Å². The minimum atomic E-state index is 0.535. The molecule has 0 unspecified atom stereocenters. The third-order valence-electron chi connectivity index (χ3n) is 2.75. The van der Waals surface area contributed by atoms with Crippen LogP contribution >= 0.6 is 0 Å². The Morgan fingerprint density at radius 2 is 2.00 bits per heavy atom. The van der Waals surface area contributed by atoms with E-state index in [0.717, 1.165) is 27.7 Å². The van der Waals surface area contributed by atoms with E-state index in [-0.39, 0.29) is 0 Å². The number of benzene rings is 1. The summed E-state index contributed by atoms with van der Waals surface area (Å²) in [6.07, 6.45) is 1.49. The molecule has 5 nitrogen and oxygen atoms in total. The van der Waals surface area contributed by atoms with Crippen molar-refractivity contribution < 1.29 is 9.47 Å². The monoisotopic (exact) mass is 229 g/mol. The highest BCUT2D eigenvalue weighted by atomic mass is 16.5. The second-order valence-corrected chi connectivity index (χ2v) is 3.61. The molecule has 0 saturated heterocycles. The van der Waals surface area contributed by atoms with Crippen LogP contribution in [-0.4, -0.2) is 29.2 Å². The van der Waals surface area contributed by atoms with Gasteiger partial charge >= 0.3 is 0 Å². The van der Waals surface area contributed by atoms with Crippen LogP contribution in [0, 0.1) is 0 Å². The molecule has 0 radical (unpaired) electrons. The quantitative estimate of drug-likeness (QED) is 0.731. The van der Waals surface area contributed by atoms with Gasteiger partial charge in [0.25, 0.3) is 0 Å². The van der Waals surface area contributed by atoms with Crippen molar-refractivity contribution >= 4 is 21.9 Å². The maximum atomic E-state index is 5.35. The predicted molar refractivity (Wildman–Crippen MR) is 64.5 cm³/mol. The first-order chi connectivity index (χ1) is 8.35. The lowest BCUT2D eigenvalue weighted by Gasteiger charge is -2.01. The highest BCUT2D eigenvalue weighted by Gasteiger charge is 2.13. The number of nitrogens with zero attached hydrogens (tertiary/aromatic N) is 2. The predicted octanol–water partition coefficient (Wildman–Crippen LogP) is 2.13. The second kappa shape index (κ2) is 3.62. The van der Waals surface area contributed by atoms with E-state index in [4.69, 9.17) is 9.47 Å². The summed E-state index contributed by atoms with van der Waals surface area (Å²) in [5, 5.41) is 0.950. The number of methoxy groups -OCH3 is 2. The molecule has 5 heteroatoms. The summed E-state index contributed by atoms with van der Waals surface area (Å²) < 4.78 is 10.6. The number of aromatic nitrogens is 3. The first-order valence-corrected chi connectivity index (χ1v) is 5.18. The van der Waals surface area contributed by atoms with E-state index < -0.39 is 0 Å². The van der Waals surface area contributed by atoms with Crippen molar-refractivity contribution in [1.29, 1.82) is 0 Å². The average Bonchev–Trinajstić information content (AvgIpc) is 2.76. The maximum Gasteiger partial charge on any atom is 0.241 e. The number of hydrogen-bond donors (Lipinski definition) is 1. The molecule has 0 bridgehead atoms. The van der Waals surface area contributed by atoms with Gasteiger partial charge in [0.05, 0.1) is 25.1 Å². The summed E-state index contributed by atoms with van der Waals surface area (Å²) in [6.45, 7) is 0. The van der Waals surface area contributed by atoms with Crippen LogP contribution in [-0.2, 0) is 0 Å². The zero-order valence-corrected chi connectivity index (χ0v) is 9.52. The maximum absolute atomic E-state index is 5.35. The number of hydrogen-bond acceptors (Lipinski definition) is 4. The lowest BCUT2D eigenvalue weighted by atomic mass is 10.2. The minimum Gasteiger partial charge on any atom is -0.496 e. The van der Waals surface area contributed by atoms with Crippen molar-refractivity contribution in [3.05, 3.63) is 24.5 Å². The Hall–Kier alpha value is -2.30. The van der Waals surface area contributed by atoms with Crippen molar-refractivity contribution in [2.24, 2.45) is 0 Å². The van der Waals surface area contributed by atoms with Gasteiger partial charge in [0.2, 0.25) is 5.88 Å². The fraction of sp³-hybridized carbons (Fsp3) is 0.167. The van der Waals surface area contributed by atoms with Crippen LogP contribution in [0.1, 0.15) is 0 Å². The minimum absolute atomic E-state index is 0.535. The summed E-state index contributed by atoms with van der Waals surface area (Å²) >= 11 is 0. The van der Waals surface area contributed by atoms with Crippen molar-refractivity contribution in [2.45, 2.75) is 0 Å². The van der Waals surface area contributed by atoms with E-state index >= 15 is 0 Å². The Morgan fingerprint density at radius 3 is 2.76 bits per heavy atom. The Kier molecular flexibility index (Phi) is 2.11. The number of ether oxygens (including phenoxy) is 2. The van der Waals surface area contributed by atoms with E-state index in [1.165, 1.54) is 6.33 Å². The Balaban J connectivity index is 2.51. The van der Waals surface area contributed by atoms with Gasteiger partial charge in [-0.25, -0.2) is 4.98 Å². The van der Waals surface area contributed by atoms with Crippen LogP contribution in [0.5, 0.6) is 11.6 Å². The van der Waals surface area contributed by atoms with Gasteiger partial charge in [-0.2, -0.15) is 4.98 Å². The molecule has 0 fully saturated rings. The zero-order chi connectivity index (χ0) is 11.8. The molecule has 0 aliphatic heterocycles. The van der Waals surface area contributed by atoms with Gasteiger partial charge < -0.3 is 14.5 Å². The normalized spacial score (nSPS) is 10.9. The van der Waals surface area contributed by atoms with Gasteiger partial charge in [0.15, 0.2) is 0 Å². The average molecular weight is 229 g/mol. The fourth-order valence-corrected chi connectivity index (χ4v) is 2.01. The standard InChI is InChI=1S/C12H11N3O2/c1-16-8-5-3-4-7-9(8)10-11(15-7)12(17-2)14-6-13-10/h3-6,15H,1-2H3. The van der Waals surface area contributed by atoms with Crippen LogP contribution < -0.4 is 9.47 Å². The lowest BCUT2D eigenvalue weighted by molar-refractivity contribution is 0.402. The van der Waals surface area contributed by atoms with Gasteiger partial charge in [-0.1, -0.05) is 6.07 Å². The summed E-state index contributed by atoms with van der Waals surface area (Å²) in [5.41, 5.74) is 2.55. The molecule has 0 aliphatic rings. The van der Waals surface area contributed by atoms with Crippen molar-refractivity contribution in [1.82, 2.24) is 15.0 Å². The van der Waals surface area contributed by atoms with E-state index in [2.05, 4.69) is 15.0 Å². The van der Waals surface area contributed by atoms with E-state index in [1.807, 2.05) is 18.2 Å². The third-order valence-corrected chi connectivity index (χ3v) is 2.75. The first-order valence-electron chi connectivity index (χ1n) is 5.18. The Labute approximate surface area is 97.4 Å². The van der Waals surface area contributed by atoms with Crippen LogP contribution in [0.3, 0.4) is 0 Å². The van der Waals surface area contributed by atoms with E-state index in [9.17, 15) is 0 Å². The molecule has 17 heavy (non-hydrogen) atoms. The highest BCUT2D eigenvalue weighted by molar-refractivity contribution is 6.09. The second-order valence-electron chi connectivity index (χ2n) is 3.61. The smallest absolute Gasteiger partial charge is 0.241 e. The summed E-state index contributed by atoms with van der Waals surface area (Å²) in [4.78, 5) is 11.6. The van der Waals surface area contributed by atoms with E-state index in [1.54, 1.807) is 14.2 Å². The third kappa shape index (κ3) is 1.32. The largest absolute Gasteiger partial charge is 0.496 e. The van der Waals surface area contributed by atoms with Gasteiger partial charge in [-0.3, -0.25) is 0 Å². The van der Waals surface area contributed by atoms with Crippen LogP contribution in [0.15, 0.2) is 24.5 Å². The molecule has 86 valence electrons. The van der Waals surface area contributed by atoms with Crippen LogP contribution in [0.2, 0.25) is 0 Å². The highest BCUT2D eigenvalue weighted by Crippen LogP contribution is 2.34. The molecular weight excluding hydrogens is 218 g/mol. The Morgan fingerprint density at radius 1 is 1.12 bits per heavy atom. The molecule has 0 saturated carbocycles. The number of fused-ring (bicyclic) bond motifs is 3. The van der Waals surface area contributed by atoms with E-state index in [0.29, 0.717) is 5.88 Å². The molecule has 3 rings (SSSR count). The molecule has 1 N–H and O–H groups in total. The van der Waals surface area contributed by atoms with Gasteiger partial charge in [-0.15, -0.1) is 0 Å². The van der Waals surface area contributed by atoms with Gasteiger partial charge in [0.1, 0.15) is 23.1 Å². The number of H-pyrrole nitrogens is 1. The van der Waals surface area contributed by atoms with Crippen LogP contribution in [0.25, 0.3) is 21.9 Å². The molecule has 0 amide bonds. The zero-order valence-electron chi connectivity index (χ0n) is 9.52. The summed E-state index contributed by atoms with van der Waals surface area (Å²) in [5.74, 6) is 1.32. The molecule has 2 aromatic heterocycles. The molecular formula is C12H11N3O2. The fourth-order valence-electron chi connectivity index (χ4n) is 2.01. The lowest BCUT2D eigenvalue weighted by Crippen LogP contribution is -1.89. The van der Waals surface area contributed by atoms with Crippen LogP contribution in [0.4, 0.5) is 0 Å². The molecule has 0 atom stereocenters. The summed E-state index contributed by atoms with van der Waals surface area (Å²) in [7, 11) is 3.23. The SMILES string of the molecule is COc1ncnc2c1[nH]c1cccc(OC)c12. The molecule has 0 aliphatic carbocycles. The van der Waals surface area contributed by atoms with Gasteiger partial charge in [-0.05, 0) is 12.1 Å². The molecule has 1 aromatic carbocycles. The summed E-state index contributed by atoms with van der Waals surface area (Å²) in [6, 6.07) is 5.81. The number of aromatic amines is 1. The number of rotatable bonds is 2. The van der Waals surface area contributed by atoms with Gasteiger partial charge in [0, 0.05) is 0 Å².